The zero-order chi connectivity index (χ0) is 22.6. The summed E-state index contributed by atoms with van der Waals surface area (Å²) in [5, 5.41) is 0. The summed E-state index contributed by atoms with van der Waals surface area (Å²) in [6, 6.07) is 8.80. The molecule has 0 aromatic heterocycles. The van der Waals surface area contributed by atoms with Gasteiger partial charge in [0, 0.05) is 42.1 Å². The lowest BCUT2D eigenvalue weighted by atomic mass is 9.86. The fourth-order valence-corrected chi connectivity index (χ4v) is 5.15. The average Bonchev–Trinajstić information content (AvgIpc) is 3.54. The van der Waals surface area contributed by atoms with E-state index in [4.69, 9.17) is 9.98 Å². The number of hydrogen-bond acceptors (Lipinski definition) is 2. The highest BCUT2D eigenvalue weighted by Gasteiger charge is 2.24. The first-order valence-corrected chi connectivity index (χ1v) is 12.5. The van der Waals surface area contributed by atoms with Gasteiger partial charge in [0.05, 0.1) is 0 Å². The average molecular weight is 435 g/mol. The van der Waals surface area contributed by atoms with Crippen LogP contribution in [0.1, 0.15) is 63.0 Å². The monoisotopic (exact) mass is 434 g/mol. The minimum Gasteiger partial charge on any atom is -0.264 e. The molecule has 0 amide bonds. The molecule has 1 aromatic carbocycles. The summed E-state index contributed by atoms with van der Waals surface area (Å²) in [6.45, 7) is 4.34. The lowest BCUT2D eigenvalue weighted by Gasteiger charge is -2.22. The van der Waals surface area contributed by atoms with Gasteiger partial charge < -0.3 is 0 Å². The fraction of sp³-hybridized carbons (Fsp3) is 0.355. The highest BCUT2D eigenvalue weighted by atomic mass is 14.8. The van der Waals surface area contributed by atoms with Gasteiger partial charge in [-0.1, -0.05) is 72.4 Å². The zero-order valence-electron chi connectivity index (χ0n) is 19.9. The van der Waals surface area contributed by atoms with E-state index >= 15 is 0 Å². The molecule has 0 N–H and O–H groups in total. The molecule has 0 fully saturated rings. The summed E-state index contributed by atoms with van der Waals surface area (Å²) >= 11 is 0. The van der Waals surface area contributed by atoms with Crippen LogP contribution in [0.3, 0.4) is 0 Å². The van der Waals surface area contributed by atoms with Crippen LogP contribution in [0.25, 0.3) is 5.57 Å². The maximum Gasteiger partial charge on any atom is 0.0478 e. The third kappa shape index (κ3) is 5.16. The standard InChI is InChI=1S/C31H34N2/c1-22-12-15-25(16-13-22)28-20-30(32-21-28)27-17-14-23(2)29(19-27)33-31(26-10-6-7-11-26)18-24-8-4-3-5-9-24/h3-4,6,10-17,21,24,27H,5,7-9,18-20H2,1-2H3. The van der Waals surface area contributed by atoms with Crippen molar-refractivity contribution < 1.29 is 0 Å². The highest BCUT2D eigenvalue weighted by molar-refractivity contribution is 6.04. The number of aliphatic imine (C=N–C) groups is 2. The Morgan fingerprint density at radius 2 is 1.94 bits per heavy atom. The number of benzene rings is 1. The van der Waals surface area contributed by atoms with Gasteiger partial charge in [0.1, 0.15) is 0 Å². The van der Waals surface area contributed by atoms with Crippen molar-refractivity contribution in [2.45, 2.75) is 58.8 Å². The maximum atomic E-state index is 5.33. The van der Waals surface area contributed by atoms with Crippen molar-refractivity contribution in [3.8, 4) is 0 Å². The minimum atomic E-state index is 0.332. The third-order valence-electron chi connectivity index (χ3n) is 7.29. The first-order chi connectivity index (χ1) is 16.2. The topological polar surface area (TPSA) is 24.7 Å². The molecule has 1 aliphatic heterocycles. The Balaban J connectivity index is 1.31. The van der Waals surface area contributed by atoms with Gasteiger partial charge in [-0.25, -0.2) is 0 Å². The lowest BCUT2D eigenvalue weighted by Crippen LogP contribution is -2.16. The molecule has 5 rings (SSSR count). The van der Waals surface area contributed by atoms with Crippen LogP contribution in [-0.4, -0.2) is 11.4 Å². The lowest BCUT2D eigenvalue weighted by molar-refractivity contribution is 0.497. The molecule has 0 bridgehead atoms. The third-order valence-corrected chi connectivity index (χ3v) is 7.29. The van der Waals surface area contributed by atoms with Crippen LogP contribution in [0.2, 0.25) is 0 Å². The Kier molecular flexibility index (Phi) is 6.53. The van der Waals surface area contributed by atoms with E-state index in [1.165, 1.54) is 64.2 Å². The van der Waals surface area contributed by atoms with Crippen LogP contribution in [0.4, 0.5) is 0 Å². The second-order valence-corrected chi connectivity index (χ2v) is 9.83. The molecule has 2 heteroatoms. The first-order valence-electron chi connectivity index (χ1n) is 12.5. The Hall–Kier alpha value is -3.00. The van der Waals surface area contributed by atoms with Crippen molar-refractivity contribution in [1.82, 2.24) is 0 Å². The van der Waals surface area contributed by atoms with Gasteiger partial charge in [-0.15, -0.1) is 0 Å². The first kappa shape index (κ1) is 21.8. The molecule has 2 nitrogen and oxygen atoms in total. The number of allylic oxidation sites excluding steroid dienone is 11. The number of aryl methyl sites for hydroxylation is 1. The Morgan fingerprint density at radius 3 is 2.70 bits per heavy atom. The number of rotatable bonds is 6. The molecular formula is C31H34N2. The van der Waals surface area contributed by atoms with E-state index in [1.54, 1.807) is 0 Å². The molecule has 0 spiro atoms. The zero-order valence-corrected chi connectivity index (χ0v) is 19.9. The summed E-state index contributed by atoms with van der Waals surface area (Å²) in [4.78, 5) is 10.2. The van der Waals surface area contributed by atoms with E-state index in [0.29, 0.717) is 11.8 Å². The van der Waals surface area contributed by atoms with Crippen molar-refractivity contribution >= 4 is 17.0 Å². The van der Waals surface area contributed by atoms with Crippen LogP contribution >= 0.6 is 0 Å². The van der Waals surface area contributed by atoms with Gasteiger partial charge in [-0.3, -0.25) is 9.98 Å². The van der Waals surface area contributed by atoms with E-state index in [-0.39, 0.29) is 0 Å². The normalized spacial score (nSPS) is 24.9. The summed E-state index contributed by atoms with van der Waals surface area (Å²) in [5.74, 6) is 1.04. The second kappa shape index (κ2) is 9.87. The molecule has 0 radical (unpaired) electrons. The Morgan fingerprint density at radius 1 is 1.06 bits per heavy atom. The summed E-state index contributed by atoms with van der Waals surface area (Å²) in [7, 11) is 0. The van der Waals surface area contributed by atoms with Crippen molar-refractivity contribution in [3.05, 3.63) is 101 Å². The van der Waals surface area contributed by atoms with Gasteiger partial charge in [0.2, 0.25) is 0 Å². The Labute approximate surface area is 198 Å². The molecule has 2 atom stereocenters. The van der Waals surface area contributed by atoms with E-state index in [1.807, 2.05) is 0 Å². The van der Waals surface area contributed by atoms with Crippen LogP contribution in [0.15, 0.2) is 99.8 Å². The molecule has 1 heterocycles. The molecule has 168 valence electrons. The molecule has 2 unspecified atom stereocenters. The summed E-state index contributed by atoms with van der Waals surface area (Å²) in [5.41, 5.74) is 10.3. The molecule has 1 aromatic rings. The quantitative estimate of drug-likeness (QED) is 0.319. The Bertz CT molecular complexity index is 1150. The molecule has 4 aliphatic rings. The minimum absolute atomic E-state index is 0.332. The smallest absolute Gasteiger partial charge is 0.0478 e. The van der Waals surface area contributed by atoms with Gasteiger partial charge in [0.15, 0.2) is 0 Å². The van der Waals surface area contributed by atoms with Crippen molar-refractivity contribution in [2.75, 3.05) is 0 Å². The van der Waals surface area contributed by atoms with Gasteiger partial charge in [-0.05, 0) is 74.2 Å². The van der Waals surface area contributed by atoms with Crippen molar-refractivity contribution in [2.24, 2.45) is 21.8 Å². The SMILES string of the molecule is CC1=C(N=C(CC2CC=CCC2)C2=CCC=C2)CC(C2=NC=C(c3ccc(C)cc3)C2)C=C1. The predicted molar refractivity (Wildman–Crippen MR) is 142 cm³/mol. The van der Waals surface area contributed by atoms with Gasteiger partial charge >= 0.3 is 0 Å². The summed E-state index contributed by atoms with van der Waals surface area (Å²) in [6.07, 6.45) is 25.8. The molecule has 0 saturated heterocycles. The molecule has 33 heavy (non-hydrogen) atoms. The van der Waals surface area contributed by atoms with Gasteiger partial charge in [-0.2, -0.15) is 0 Å². The highest BCUT2D eigenvalue weighted by Crippen LogP contribution is 2.34. The van der Waals surface area contributed by atoms with Crippen LogP contribution in [-0.2, 0) is 0 Å². The number of hydrogen-bond donors (Lipinski definition) is 0. The van der Waals surface area contributed by atoms with Gasteiger partial charge in [0.25, 0.3) is 0 Å². The van der Waals surface area contributed by atoms with Crippen LogP contribution in [0.5, 0.6) is 0 Å². The maximum absolute atomic E-state index is 5.33. The predicted octanol–water partition coefficient (Wildman–Crippen LogP) is 8.10. The van der Waals surface area contributed by atoms with E-state index < -0.39 is 0 Å². The van der Waals surface area contributed by atoms with E-state index in [9.17, 15) is 0 Å². The second-order valence-electron chi connectivity index (χ2n) is 9.83. The summed E-state index contributed by atoms with van der Waals surface area (Å²) < 4.78 is 0. The van der Waals surface area contributed by atoms with Crippen molar-refractivity contribution in [1.29, 1.82) is 0 Å². The van der Waals surface area contributed by atoms with E-state index in [2.05, 4.69) is 86.8 Å². The fourth-order valence-electron chi connectivity index (χ4n) is 5.15. The number of nitrogens with zero attached hydrogens (tertiary/aromatic N) is 2. The largest absolute Gasteiger partial charge is 0.264 e. The van der Waals surface area contributed by atoms with Crippen molar-refractivity contribution in [3.63, 3.8) is 0 Å². The van der Waals surface area contributed by atoms with E-state index in [0.717, 1.165) is 25.7 Å². The van der Waals surface area contributed by atoms with Crippen LogP contribution < -0.4 is 0 Å². The molecule has 3 aliphatic carbocycles. The molecule has 0 saturated carbocycles. The molecular weight excluding hydrogens is 400 g/mol. The van der Waals surface area contributed by atoms with Crippen LogP contribution in [0, 0.1) is 18.8 Å².